The molecule has 2 aromatic rings. The van der Waals surface area contributed by atoms with E-state index in [1.165, 1.54) is 0 Å². The molecule has 2 rings (SSSR count). The number of hydrogen-bond donors (Lipinski definition) is 1. The van der Waals surface area contributed by atoms with Crippen LogP contribution in [0.2, 0.25) is 5.02 Å². The van der Waals surface area contributed by atoms with Crippen molar-refractivity contribution in [2.45, 2.75) is 26.7 Å². The highest BCUT2D eigenvalue weighted by atomic mass is 35.5. The number of rotatable bonds is 8. The maximum absolute atomic E-state index is 12.0. The second-order valence-electron chi connectivity index (χ2n) is 5.88. The monoisotopic (exact) mass is 359 g/mol. The zero-order chi connectivity index (χ0) is 18.2. The second-order valence-corrected chi connectivity index (χ2v) is 6.32. The van der Waals surface area contributed by atoms with Crippen LogP contribution in [0.25, 0.3) is 0 Å². The minimum absolute atomic E-state index is 0.0308. The standard InChI is InChI=1S/C20H22ClNO3/c1-14-6-3-7-15(2)20(14)25-11-5-10-19(24)22-13-18(23)16-8-4-9-17(21)12-16/h3-4,6-9,12H,5,10-11,13H2,1-2H3,(H,22,24). The molecule has 0 spiro atoms. The molecule has 0 fully saturated rings. The number of carbonyl (C=O) groups is 2. The van der Waals surface area contributed by atoms with Crippen LogP contribution in [0.5, 0.6) is 5.75 Å². The average molecular weight is 360 g/mol. The molecular formula is C20H22ClNO3. The maximum atomic E-state index is 12.0. The van der Waals surface area contributed by atoms with E-state index in [4.69, 9.17) is 16.3 Å². The number of benzene rings is 2. The third-order valence-electron chi connectivity index (χ3n) is 3.80. The van der Waals surface area contributed by atoms with E-state index in [0.717, 1.165) is 16.9 Å². The Kier molecular flexibility index (Phi) is 7.02. The first-order chi connectivity index (χ1) is 12.0. The molecule has 4 nitrogen and oxygen atoms in total. The van der Waals surface area contributed by atoms with Crippen molar-refractivity contribution in [1.29, 1.82) is 0 Å². The van der Waals surface area contributed by atoms with Gasteiger partial charge in [0.2, 0.25) is 5.91 Å². The molecular weight excluding hydrogens is 338 g/mol. The van der Waals surface area contributed by atoms with Crippen molar-refractivity contribution in [3.63, 3.8) is 0 Å². The fraction of sp³-hybridized carbons (Fsp3) is 0.300. The largest absolute Gasteiger partial charge is 0.493 e. The Morgan fingerprint density at radius 2 is 1.76 bits per heavy atom. The van der Waals surface area contributed by atoms with Gasteiger partial charge in [0, 0.05) is 17.0 Å². The molecule has 0 heterocycles. The van der Waals surface area contributed by atoms with Gasteiger partial charge >= 0.3 is 0 Å². The molecule has 0 saturated heterocycles. The van der Waals surface area contributed by atoms with Crippen LogP contribution in [-0.2, 0) is 4.79 Å². The molecule has 2 aromatic carbocycles. The predicted octanol–water partition coefficient (Wildman–Crippen LogP) is 4.11. The molecule has 0 aromatic heterocycles. The lowest BCUT2D eigenvalue weighted by Gasteiger charge is -2.11. The summed E-state index contributed by atoms with van der Waals surface area (Å²) in [5, 5.41) is 3.14. The van der Waals surface area contributed by atoms with E-state index in [1.54, 1.807) is 24.3 Å². The third-order valence-corrected chi connectivity index (χ3v) is 4.03. The first-order valence-electron chi connectivity index (χ1n) is 8.22. The molecule has 1 N–H and O–H groups in total. The summed E-state index contributed by atoms with van der Waals surface area (Å²) in [6.07, 6.45) is 0.902. The van der Waals surface area contributed by atoms with E-state index < -0.39 is 0 Å². The Balaban J connectivity index is 1.70. The summed E-state index contributed by atoms with van der Waals surface area (Å²) >= 11 is 5.86. The summed E-state index contributed by atoms with van der Waals surface area (Å²) in [5.41, 5.74) is 2.65. The van der Waals surface area contributed by atoms with Gasteiger partial charge in [0.05, 0.1) is 13.2 Å². The summed E-state index contributed by atoms with van der Waals surface area (Å²) in [4.78, 5) is 23.8. The van der Waals surface area contributed by atoms with Crippen molar-refractivity contribution in [1.82, 2.24) is 5.32 Å². The van der Waals surface area contributed by atoms with E-state index in [0.29, 0.717) is 30.0 Å². The van der Waals surface area contributed by atoms with Crippen molar-refractivity contribution in [2.24, 2.45) is 0 Å². The van der Waals surface area contributed by atoms with Crippen molar-refractivity contribution < 1.29 is 14.3 Å². The summed E-state index contributed by atoms with van der Waals surface area (Å²) in [7, 11) is 0. The van der Waals surface area contributed by atoms with E-state index in [1.807, 2.05) is 32.0 Å². The molecule has 0 radical (unpaired) electrons. The highest BCUT2D eigenvalue weighted by Gasteiger charge is 2.09. The van der Waals surface area contributed by atoms with Crippen LogP contribution in [-0.4, -0.2) is 24.8 Å². The molecule has 0 aliphatic heterocycles. The normalized spacial score (nSPS) is 10.4. The number of Topliss-reactive ketones (excluding diaryl/α,β-unsaturated/α-hetero) is 1. The third kappa shape index (κ3) is 5.91. The molecule has 0 saturated carbocycles. The van der Waals surface area contributed by atoms with Gasteiger partial charge in [0.15, 0.2) is 5.78 Å². The van der Waals surface area contributed by atoms with Crippen LogP contribution in [0.15, 0.2) is 42.5 Å². The molecule has 0 aliphatic rings. The Morgan fingerprint density at radius 1 is 1.08 bits per heavy atom. The van der Waals surface area contributed by atoms with Gasteiger partial charge < -0.3 is 10.1 Å². The van der Waals surface area contributed by atoms with E-state index in [-0.39, 0.29) is 18.2 Å². The van der Waals surface area contributed by atoms with Gasteiger partial charge in [0.25, 0.3) is 0 Å². The maximum Gasteiger partial charge on any atom is 0.220 e. The van der Waals surface area contributed by atoms with Crippen LogP contribution in [0.4, 0.5) is 0 Å². The number of hydrogen-bond acceptors (Lipinski definition) is 3. The molecule has 0 aliphatic carbocycles. The number of carbonyl (C=O) groups excluding carboxylic acids is 2. The lowest BCUT2D eigenvalue weighted by molar-refractivity contribution is -0.121. The van der Waals surface area contributed by atoms with Crippen molar-refractivity contribution in [2.75, 3.05) is 13.2 Å². The number of amides is 1. The van der Waals surface area contributed by atoms with Crippen molar-refractivity contribution in [3.8, 4) is 5.75 Å². The van der Waals surface area contributed by atoms with Crippen molar-refractivity contribution in [3.05, 3.63) is 64.2 Å². The summed E-state index contributed by atoms with van der Waals surface area (Å²) in [5.74, 6) is 0.544. The van der Waals surface area contributed by atoms with Crippen molar-refractivity contribution >= 4 is 23.3 Å². The number of para-hydroxylation sites is 1. The molecule has 0 atom stereocenters. The topological polar surface area (TPSA) is 55.4 Å². The Hall–Kier alpha value is -2.33. The summed E-state index contributed by atoms with van der Waals surface area (Å²) in [6, 6.07) is 12.7. The fourth-order valence-corrected chi connectivity index (χ4v) is 2.66. The smallest absolute Gasteiger partial charge is 0.220 e. The van der Waals surface area contributed by atoms with Crippen LogP contribution < -0.4 is 10.1 Å². The highest BCUT2D eigenvalue weighted by Crippen LogP contribution is 2.22. The van der Waals surface area contributed by atoms with Crippen LogP contribution in [0.1, 0.15) is 34.3 Å². The molecule has 25 heavy (non-hydrogen) atoms. The average Bonchev–Trinajstić information content (AvgIpc) is 2.58. The number of halogens is 1. The zero-order valence-corrected chi connectivity index (χ0v) is 15.2. The minimum Gasteiger partial charge on any atom is -0.493 e. The molecule has 0 bridgehead atoms. The van der Waals surface area contributed by atoms with Gasteiger partial charge in [0.1, 0.15) is 5.75 Å². The van der Waals surface area contributed by atoms with E-state index >= 15 is 0 Å². The molecule has 5 heteroatoms. The van der Waals surface area contributed by atoms with Crippen LogP contribution in [0.3, 0.4) is 0 Å². The predicted molar refractivity (Wildman–Crippen MR) is 99.4 cm³/mol. The number of nitrogens with one attached hydrogen (secondary N) is 1. The SMILES string of the molecule is Cc1cccc(C)c1OCCCC(=O)NCC(=O)c1cccc(Cl)c1. The van der Waals surface area contributed by atoms with Crippen LogP contribution in [0, 0.1) is 13.8 Å². The Morgan fingerprint density at radius 3 is 2.44 bits per heavy atom. The van der Waals surface area contributed by atoms with E-state index in [2.05, 4.69) is 5.32 Å². The molecule has 0 unspecified atom stereocenters. The van der Waals surface area contributed by atoms with Gasteiger partial charge in [-0.25, -0.2) is 0 Å². The number of ether oxygens (including phenoxy) is 1. The molecule has 132 valence electrons. The number of ketones is 1. The molecule has 1 amide bonds. The van der Waals surface area contributed by atoms with E-state index in [9.17, 15) is 9.59 Å². The lowest BCUT2D eigenvalue weighted by atomic mass is 10.1. The minimum atomic E-state index is -0.166. The lowest BCUT2D eigenvalue weighted by Crippen LogP contribution is -2.29. The number of aryl methyl sites for hydroxylation is 2. The first kappa shape index (κ1) is 19.0. The Bertz CT molecular complexity index is 738. The van der Waals surface area contributed by atoms with Gasteiger partial charge in [-0.3, -0.25) is 9.59 Å². The second kappa shape index (κ2) is 9.23. The summed E-state index contributed by atoms with van der Waals surface area (Å²) in [6.45, 7) is 4.42. The quantitative estimate of drug-likeness (QED) is 0.570. The zero-order valence-electron chi connectivity index (χ0n) is 14.5. The first-order valence-corrected chi connectivity index (χ1v) is 8.59. The highest BCUT2D eigenvalue weighted by molar-refractivity contribution is 6.31. The fourth-order valence-electron chi connectivity index (χ4n) is 2.47. The Labute approximate surface area is 153 Å². The van der Waals surface area contributed by atoms with Gasteiger partial charge in [-0.15, -0.1) is 0 Å². The summed E-state index contributed by atoms with van der Waals surface area (Å²) < 4.78 is 5.76. The van der Waals surface area contributed by atoms with Gasteiger partial charge in [-0.2, -0.15) is 0 Å². The van der Waals surface area contributed by atoms with Gasteiger partial charge in [-0.1, -0.05) is 41.9 Å². The van der Waals surface area contributed by atoms with Gasteiger partial charge in [-0.05, 0) is 43.5 Å². The van der Waals surface area contributed by atoms with Crippen LogP contribution >= 0.6 is 11.6 Å².